The van der Waals surface area contributed by atoms with E-state index in [0.717, 1.165) is 35.1 Å². The third-order valence-electron chi connectivity index (χ3n) is 5.25. The number of hydrogen-bond acceptors (Lipinski definition) is 3. The van der Waals surface area contributed by atoms with Crippen molar-refractivity contribution in [2.45, 2.75) is 26.2 Å². The molecule has 2 aromatic carbocycles. The fraction of sp³-hybridized carbons (Fsp3) is 0.250. The lowest BCUT2D eigenvalue weighted by atomic mass is 10.0. The first-order valence-electron chi connectivity index (χ1n) is 9.64. The molecule has 1 aromatic heterocycles. The SMILES string of the molecule is Cc1cnc(/C=C/C(=O)c2cccc3ccccc23)cc1N1CCCCC1. The Bertz CT molecular complexity index is 995. The number of rotatable bonds is 4. The predicted octanol–water partition coefficient (Wildman–Crippen LogP) is 5.43. The molecule has 0 saturated carbocycles. The van der Waals surface area contributed by atoms with Crippen LogP contribution in [0.2, 0.25) is 0 Å². The van der Waals surface area contributed by atoms with E-state index in [-0.39, 0.29) is 5.78 Å². The second kappa shape index (κ2) is 7.75. The molecule has 4 rings (SSSR count). The second-order valence-electron chi connectivity index (χ2n) is 7.17. The number of allylic oxidation sites excluding steroid dienone is 1. The molecule has 0 spiro atoms. The van der Waals surface area contributed by atoms with E-state index in [2.05, 4.69) is 22.9 Å². The molecule has 3 heteroatoms. The quantitative estimate of drug-likeness (QED) is 0.462. The number of aryl methyl sites for hydroxylation is 1. The molecule has 0 radical (unpaired) electrons. The van der Waals surface area contributed by atoms with Crippen molar-refractivity contribution in [2.75, 3.05) is 18.0 Å². The van der Waals surface area contributed by atoms with Gasteiger partial charge in [-0.1, -0.05) is 42.5 Å². The van der Waals surface area contributed by atoms with E-state index in [1.165, 1.54) is 30.5 Å². The molecule has 3 aromatic rings. The fourth-order valence-corrected chi connectivity index (χ4v) is 3.79. The molecule has 1 aliphatic heterocycles. The lowest BCUT2D eigenvalue weighted by Gasteiger charge is -2.30. The smallest absolute Gasteiger partial charge is 0.186 e. The van der Waals surface area contributed by atoms with Crippen molar-refractivity contribution in [3.8, 4) is 0 Å². The molecule has 1 aliphatic rings. The molecule has 0 N–H and O–H groups in total. The number of aromatic nitrogens is 1. The van der Waals surface area contributed by atoms with Crippen LogP contribution >= 0.6 is 0 Å². The molecule has 2 heterocycles. The van der Waals surface area contributed by atoms with Crippen LogP contribution in [0.1, 0.15) is 40.9 Å². The zero-order valence-corrected chi connectivity index (χ0v) is 15.7. The highest BCUT2D eigenvalue weighted by molar-refractivity contribution is 6.14. The predicted molar refractivity (Wildman–Crippen MR) is 112 cm³/mol. The molecule has 0 amide bonds. The minimum absolute atomic E-state index is 0.00805. The topological polar surface area (TPSA) is 33.2 Å². The van der Waals surface area contributed by atoms with Crippen molar-refractivity contribution in [1.82, 2.24) is 4.98 Å². The van der Waals surface area contributed by atoms with Crippen molar-refractivity contribution in [3.63, 3.8) is 0 Å². The number of hydrogen-bond donors (Lipinski definition) is 0. The van der Waals surface area contributed by atoms with Gasteiger partial charge < -0.3 is 4.90 Å². The highest BCUT2D eigenvalue weighted by atomic mass is 16.1. The maximum atomic E-state index is 12.8. The van der Waals surface area contributed by atoms with Crippen molar-refractivity contribution >= 4 is 28.3 Å². The van der Waals surface area contributed by atoms with E-state index in [0.29, 0.717) is 0 Å². The van der Waals surface area contributed by atoms with Crippen LogP contribution < -0.4 is 4.90 Å². The Kier molecular flexibility index (Phi) is 5.01. The molecule has 27 heavy (non-hydrogen) atoms. The average molecular weight is 356 g/mol. The van der Waals surface area contributed by atoms with Crippen molar-refractivity contribution in [2.24, 2.45) is 0 Å². The number of ketones is 1. The summed E-state index contributed by atoms with van der Waals surface area (Å²) in [7, 11) is 0. The summed E-state index contributed by atoms with van der Waals surface area (Å²) in [6, 6.07) is 15.9. The summed E-state index contributed by atoms with van der Waals surface area (Å²) in [5.74, 6) is 0.00805. The van der Waals surface area contributed by atoms with Crippen LogP contribution in [-0.4, -0.2) is 23.9 Å². The Morgan fingerprint density at radius 1 is 1.04 bits per heavy atom. The molecular formula is C24H24N2O. The Morgan fingerprint density at radius 3 is 2.67 bits per heavy atom. The summed E-state index contributed by atoms with van der Waals surface area (Å²) in [5.41, 5.74) is 3.99. The van der Waals surface area contributed by atoms with E-state index >= 15 is 0 Å². The Hall–Kier alpha value is -2.94. The van der Waals surface area contributed by atoms with Gasteiger partial charge in [0.2, 0.25) is 0 Å². The minimum atomic E-state index is 0.00805. The summed E-state index contributed by atoms with van der Waals surface area (Å²) in [6.45, 7) is 4.30. The van der Waals surface area contributed by atoms with Crippen LogP contribution in [0.15, 0.2) is 60.8 Å². The summed E-state index contributed by atoms with van der Waals surface area (Å²) >= 11 is 0. The summed E-state index contributed by atoms with van der Waals surface area (Å²) in [6.07, 6.45) is 9.17. The average Bonchev–Trinajstić information content (AvgIpc) is 2.73. The van der Waals surface area contributed by atoms with Gasteiger partial charge in [0.25, 0.3) is 0 Å². The van der Waals surface area contributed by atoms with Crippen LogP contribution in [0, 0.1) is 6.92 Å². The standard InChI is InChI=1S/C24H24N2O/c1-18-17-25-20(16-23(18)26-14-5-2-6-15-26)12-13-24(27)22-11-7-9-19-8-3-4-10-21(19)22/h3-4,7-13,16-17H,2,5-6,14-15H2,1H3/b13-12+. The maximum absolute atomic E-state index is 12.8. The molecule has 136 valence electrons. The zero-order chi connectivity index (χ0) is 18.6. The van der Waals surface area contributed by atoms with Crippen molar-refractivity contribution in [3.05, 3.63) is 77.6 Å². The molecule has 0 aliphatic carbocycles. The van der Waals surface area contributed by atoms with Gasteiger partial charge in [-0.25, -0.2) is 0 Å². The maximum Gasteiger partial charge on any atom is 0.186 e. The van der Waals surface area contributed by atoms with E-state index in [1.54, 1.807) is 6.08 Å². The highest BCUT2D eigenvalue weighted by Gasteiger charge is 2.13. The molecule has 1 fully saturated rings. The first kappa shape index (κ1) is 17.5. The zero-order valence-electron chi connectivity index (χ0n) is 15.7. The molecule has 1 saturated heterocycles. The van der Waals surface area contributed by atoms with Crippen LogP contribution in [-0.2, 0) is 0 Å². The molecule has 0 bridgehead atoms. The van der Waals surface area contributed by atoms with Crippen LogP contribution in [0.4, 0.5) is 5.69 Å². The normalized spacial score (nSPS) is 14.8. The van der Waals surface area contributed by atoms with E-state index in [4.69, 9.17) is 0 Å². The van der Waals surface area contributed by atoms with Gasteiger partial charge >= 0.3 is 0 Å². The summed E-state index contributed by atoms with van der Waals surface area (Å²) < 4.78 is 0. The van der Waals surface area contributed by atoms with Crippen molar-refractivity contribution in [1.29, 1.82) is 0 Å². The fourth-order valence-electron chi connectivity index (χ4n) is 3.79. The van der Waals surface area contributed by atoms with Crippen molar-refractivity contribution < 1.29 is 4.79 Å². The van der Waals surface area contributed by atoms with Gasteiger partial charge in [0.1, 0.15) is 0 Å². The first-order valence-corrected chi connectivity index (χ1v) is 9.64. The number of carbonyl (C=O) groups excluding carboxylic acids is 1. The van der Waals surface area contributed by atoms with Gasteiger partial charge in [-0.05, 0) is 60.7 Å². The lowest BCUT2D eigenvalue weighted by Crippen LogP contribution is -2.30. The number of anilines is 1. The summed E-state index contributed by atoms with van der Waals surface area (Å²) in [5, 5.41) is 2.07. The van der Waals surface area contributed by atoms with Crippen LogP contribution in [0.5, 0.6) is 0 Å². The third-order valence-corrected chi connectivity index (χ3v) is 5.25. The summed E-state index contributed by atoms with van der Waals surface area (Å²) in [4.78, 5) is 19.7. The third kappa shape index (κ3) is 3.77. The van der Waals surface area contributed by atoms with Gasteiger partial charge in [0, 0.05) is 30.5 Å². The number of carbonyl (C=O) groups is 1. The number of pyridine rings is 1. The number of fused-ring (bicyclic) bond motifs is 1. The van der Waals surface area contributed by atoms with Crippen LogP contribution in [0.25, 0.3) is 16.8 Å². The van der Waals surface area contributed by atoms with Gasteiger partial charge in [-0.3, -0.25) is 9.78 Å². The number of nitrogens with zero attached hydrogens (tertiary/aromatic N) is 2. The first-order chi connectivity index (χ1) is 13.2. The minimum Gasteiger partial charge on any atom is -0.371 e. The van der Waals surface area contributed by atoms with Gasteiger partial charge in [-0.15, -0.1) is 0 Å². The molecule has 0 unspecified atom stereocenters. The van der Waals surface area contributed by atoms with E-state index in [1.807, 2.05) is 54.7 Å². The molecule has 3 nitrogen and oxygen atoms in total. The molecule has 0 atom stereocenters. The lowest BCUT2D eigenvalue weighted by molar-refractivity contribution is 0.104. The number of benzene rings is 2. The highest BCUT2D eigenvalue weighted by Crippen LogP contribution is 2.25. The monoisotopic (exact) mass is 356 g/mol. The van der Waals surface area contributed by atoms with E-state index in [9.17, 15) is 4.79 Å². The van der Waals surface area contributed by atoms with Gasteiger partial charge in [0.15, 0.2) is 5.78 Å². The largest absolute Gasteiger partial charge is 0.371 e. The van der Waals surface area contributed by atoms with Gasteiger partial charge in [-0.2, -0.15) is 0 Å². The van der Waals surface area contributed by atoms with Crippen LogP contribution in [0.3, 0.4) is 0 Å². The van der Waals surface area contributed by atoms with E-state index < -0.39 is 0 Å². The van der Waals surface area contributed by atoms with Gasteiger partial charge in [0.05, 0.1) is 5.69 Å². The Morgan fingerprint density at radius 2 is 1.81 bits per heavy atom. The second-order valence-corrected chi connectivity index (χ2v) is 7.17. The Balaban J connectivity index is 1.59. The molecular weight excluding hydrogens is 332 g/mol. The Labute approximate surface area is 160 Å². The number of piperidine rings is 1.